The molecule has 3 aliphatic rings. The van der Waals surface area contributed by atoms with Gasteiger partial charge in [-0.05, 0) is 55.3 Å². The lowest BCUT2D eigenvalue weighted by atomic mass is 10.2. The number of nitrogens with one attached hydrogen (secondary N) is 2. The summed E-state index contributed by atoms with van der Waals surface area (Å²) in [6, 6.07) is 6.45. The quantitative estimate of drug-likeness (QED) is 0.759. The van der Waals surface area contributed by atoms with Crippen LogP contribution in [0.25, 0.3) is 0 Å². The monoisotopic (exact) mass is 261 g/mol. The molecule has 0 atom stereocenters. The molecule has 2 saturated carbocycles. The zero-order valence-electron chi connectivity index (χ0n) is 11.1. The number of hydrogen-bond donors (Lipinski definition) is 2. The van der Waals surface area contributed by atoms with Gasteiger partial charge in [0.25, 0.3) is 0 Å². The van der Waals surface area contributed by atoms with Gasteiger partial charge in [-0.2, -0.15) is 0 Å². The summed E-state index contributed by atoms with van der Waals surface area (Å²) >= 11 is 1.65. The Morgan fingerprint density at radius 2 is 2.06 bits per heavy atom. The fourth-order valence-electron chi connectivity index (χ4n) is 2.22. The second-order valence-electron chi connectivity index (χ2n) is 5.00. The molecule has 0 aromatic heterocycles. The summed E-state index contributed by atoms with van der Waals surface area (Å²) in [4.78, 5) is 6.00. The molecular formula is C14H19N3S. The van der Waals surface area contributed by atoms with E-state index in [9.17, 15) is 0 Å². The predicted octanol–water partition coefficient (Wildman–Crippen LogP) is 3.56. The number of guanidine groups is 1. The molecule has 1 aromatic carbocycles. The Kier molecular flexibility index (Phi) is 2.77. The third kappa shape index (κ3) is 1.99. The summed E-state index contributed by atoms with van der Waals surface area (Å²) in [6.07, 6.45) is 2.59. The van der Waals surface area contributed by atoms with Gasteiger partial charge in [0.05, 0.1) is 16.1 Å². The van der Waals surface area contributed by atoms with Crippen LogP contribution < -0.4 is 10.0 Å². The largest absolute Gasteiger partial charge is 0.325 e. The number of nitrogens with zero attached hydrogens (tertiary/aromatic N) is 1. The van der Waals surface area contributed by atoms with Crippen LogP contribution in [-0.4, -0.2) is 11.5 Å². The third-order valence-corrected chi connectivity index (χ3v) is 4.49. The van der Waals surface area contributed by atoms with Crippen LogP contribution in [0.2, 0.25) is 0 Å². The highest BCUT2D eigenvalue weighted by atomic mass is 32.2. The first-order valence-electron chi connectivity index (χ1n) is 6.66. The van der Waals surface area contributed by atoms with Gasteiger partial charge in [0.15, 0.2) is 0 Å². The van der Waals surface area contributed by atoms with Gasteiger partial charge in [-0.15, -0.1) is 0 Å². The minimum absolute atomic E-state index is 0.344. The van der Waals surface area contributed by atoms with Crippen molar-refractivity contribution in [3.8, 4) is 0 Å². The normalized spacial score (nSPS) is 32.2. The zero-order valence-corrected chi connectivity index (χ0v) is 11.9. The zero-order chi connectivity index (χ0) is 12.8. The first-order valence-corrected chi connectivity index (χ1v) is 7.47. The van der Waals surface area contributed by atoms with E-state index < -0.39 is 0 Å². The second-order valence-corrected chi connectivity index (χ2v) is 5.85. The summed E-state index contributed by atoms with van der Waals surface area (Å²) in [6.45, 7) is 6.11. The van der Waals surface area contributed by atoms with Crippen LogP contribution >= 0.6 is 11.9 Å². The van der Waals surface area contributed by atoms with Gasteiger partial charge in [-0.1, -0.05) is 19.9 Å². The van der Waals surface area contributed by atoms with Crippen LogP contribution in [0, 0.1) is 12.8 Å². The van der Waals surface area contributed by atoms with E-state index in [1.165, 1.54) is 29.0 Å². The molecule has 0 amide bonds. The molecule has 0 unspecified atom stereocenters. The highest BCUT2D eigenvalue weighted by Gasteiger charge is 2.70. The van der Waals surface area contributed by atoms with Crippen molar-refractivity contribution >= 4 is 23.6 Å². The smallest absolute Gasteiger partial charge is 0.206 e. The molecule has 1 aromatic rings. The van der Waals surface area contributed by atoms with Crippen LogP contribution in [0.3, 0.4) is 0 Å². The highest BCUT2D eigenvalue weighted by Crippen LogP contribution is 2.69. The van der Waals surface area contributed by atoms with E-state index in [1.54, 1.807) is 11.9 Å². The van der Waals surface area contributed by atoms with Gasteiger partial charge in [0.1, 0.15) is 0 Å². The molecule has 2 N–H and O–H groups in total. The maximum atomic E-state index is 4.76. The molecule has 1 aliphatic heterocycles. The van der Waals surface area contributed by atoms with Crippen molar-refractivity contribution in [2.24, 2.45) is 10.9 Å². The Morgan fingerprint density at radius 3 is 2.72 bits per heavy atom. The van der Waals surface area contributed by atoms with Crippen molar-refractivity contribution in [3.63, 3.8) is 0 Å². The predicted molar refractivity (Wildman–Crippen MR) is 78.0 cm³/mol. The Hall–Kier alpha value is -1.16. The molecule has 96 valence electrons. The minimum atomic E-state index is 0.344. The van der Waals surface area contributed by atoms with Crippen LogP contribution in [-0.2, 0) is 0 Å². The number of hydrogen-bond acceptors (Lipinski definition) is 2. The van der Waals surface area contributed by atoms with E-state index in [0.717, 1.165) is 11.9 Å². The van der Waals surface area contributed by atoms with E-state index >= 15 is 0 Å². The van der Waals surface area contributed by atoms with Gasteiger partial charge < -0.3 is 5.32 Å². The standard InChI is InChI=1S/C12H13N3S.C2H6/c1-7-2-3-10-9(4-7)13-11(15-16-10)14-12-5-8(12)6-12;1-2/h2-4,8H,5-6H2,1H3,(H2,13,14,15);1-2H3. The Bertz CT molecular complexity index is 504. The average molecular weight is 261 g/mol. The van der Waals surface area contributed by atoms with Gasteiger partial charge >= 0.3 is 0 Å². The topological polar surface area (TPSA) is 36.4 Å². The Balaban J connectivity index is 0.000000478. The summed E-state index contributed by atoms with van der Waals surface area (Å²) in [5, 5.41) is 3.38. The summed E-state index contributed by atoms with van der Waals surface area (Å²) in [5.74, 6) is 1.83. The van der Waals surface area contributed by atoms with Crippen molar-refractivity contribution in [2.75, 3.05) is 5.32 Å². The number of rotatable bonds is 1. The van der Waals surface area contributed by atoms with Crippen LogP contribution in [0.5, 0.6) is 0 Å². The second kappa shape index (κ2) is 4.19. The van der Waals surface area contributed by atoms with E-state index in [2.05, 4.69) is 35.2 Å². The lowest BCUT2D eigenvalue weighted by molar-refractivity contribution is 0.801. The summed E-state index contributed by atoms with van der Waals surface area (Å²) in [5.41, 5.74) is 2.80. The van der Waals surface area contributed by atoms with Gasteiger partial charge in [0, 0.05) is 0 Å². The van der Waals surface area contributed by atoms with Crippen molar-refractivity contribution in [1.29, 1.82) is 0 Å². The Morgan fingerprint density at radius 1 is 1.33 bits per heavy atom. The SMILES string of the molecule is CC.Cc1ccc2c(c1)NC(=NC13CC1C3)NS2. The van der Waals surface area contributed by atoms with Crippen molar-refractivity contribution in [2.45, 2.75) is 44.0 Å². The van der Waals surface area contributed by atoms with E-state index in [-0.39, 0.29) is 0 Å². The number of fused-ring (bicyclic) bond motifs is 2. The average Bonchev–Trinajstić information content (AvgIpc) is 3.21. The molecule has 2 aliphatic carbocycles. The van der Waals surface area contributed by atoms with Crippen molar-refractivity contribution in [3.05, 3.63) is 23.8 Å². The van der Waals surface area contributed by atoms with Crippen LogP contribution in [0.1, 0.15) is 32.3 Å². The first-order chi connectivity index (χ1) is 8.75. The number of anilines is 1. The lowest BCUT2D eigenvalue weighted by Crippen LogP contribution is -2.30. The maximum Gasteiger partial charge on any atom is 0.206 e. The van der Waals surface area contributed by atoms with E-state index in [1.807, 2.05) is 13.8 Å². The molecule has 3 nitrogen and oxygen atoms in total. The highest BCUT2D eigenvalue weighted by molar-refractivity contribution is 7.98. The fraction of sp³-hybridized carbons (Fsp3) is 0.500. The molecule has 1 heterocycles. The summed E-state index contributed by atoms with van der Waals surface area (Å²) in [7, 11) is 0. The summed E-state index contributed by atoms with van der Waals surface area (Å²) < 4.78 is 3.27. The van der Waals surface area contributed by atoms with Crippen LogP contribution in [0.15, 0.2) is 28.1 Å². The molecule has 0 radical (unpaired) electrons. The molecule has 0 saturated heterocycles. The van der Waals surface area contributed by atoms with E-state index in [0.29, 0.717) is 5.54 Å². The third-order valence-electron chi connectivity index (χ3n) is 3.62. The van der Waals surface area contributed by atoms with Crippen LogP contribution in [0.4, 0.5) is 5.69 Å². The molecular weight excluding hydrogens is 242 g/mol. The van der Waals surface area contributed by atoms with E-state index in [4.69, 9.17) is 4.99 Å². The van der Waals surface area contributed by atoms with Crippen molar-refractivity contribution in [1.82, 2.24) is 4.72 Å². The number of benzene rings is 1. The number of aliphatic imine (C=N–C) groups is 1. The minimum Gasteiger partial charge on any atom is -0.325 e. The Labute approximate surface area is 113 Å². The molecule has 4 heteroatoms. The molecule has 4 rings (SSSR count). The number of aryl methyl sites for hydroxylation is 1. The molecule has 2 fully saturated rings. The fourth-order valence-corrected chi connectivity index (χ4v) is 2.88. The molecule has 18 heavy (non-hydrogen) atoms. The molecule has 0 bridgehead atoms. The van der Waals surface area contributed by atoms with Gasteiger partial charge in [-0.3, -0.25) is 4.72 Å². The molecule has 0 spiro atoms. The van der Waals surface area contributed by atoms with Crippen molar-refractivity contribution < 1.29 is 0 Å². The first kappa shape index (κ1) is 11.9. The van der Waals surface area contributed by atoms with Gasteiger partial charge in [-0.25, -0.2) is 4.99 Å². The van der Waals surface area contributed by atoms with Gasteiger partial charge in [0.2, 0.25) is 5.96 Å². The maximum absolute atomic E-state index is 4.76. The lowest BCUT2D eigenvalue weighted by Gasteiger charge is -2.21.